The molecule has 112 valence electrons. The molecule has 0 unspecified atom stereocenters. The molecule has 0 aliphatic carbocycles. The Bertz CT molecular complexity index is 447. The van der Waals surface area contributed by atoms with Gasteiger partial charge >= 0.3 is 0 Å². The minimum Gasteiger partial charge on any atom is -0.370 e. The van der Waals surface area contributed by atoms with Crippen molar-refractivity contribution in [1.82, 2.24) is 9.97 Å². The zero-order valence-corrected chi connectivity index (χ0v) is 13.9. The molecule has 0 bridgehead atoms. The zero-order valence-electron chi connectivity index (χ0n) is 13.1. The van der Waals surface area contributed by atoms with Crippen LogP contribution < -0.4 is 10.2 Å². The van der Waals surface area contributed by atoms with E-state index in [2.05, 4.69) is 49.0 Å². The molecule has 0 amide bonds. The quantitative estimate of drug-likeness (QED) is 0.903. The van der Waals surface area contributed by atoms with Crippen LogP contribution in [0, 0.1) is 0 Å². The summed E-state index contributed by atoms with van der Waals surface area (Å²) in [4.78, 5) is 11.7. The van der Waals surface area contributed by atoms with Crippen molar-refractivity contribution in [2.24, 2.45) is 0 Å². The van der Waals surface area contributed by atoms with Gasteiger partial charge in [0.05, 0.1) is 0 Å². The van der Waals surface area contributed by atoms with Gasteiger partial charge in [0.2, 0.25) is 0 Å². The Kier molecular flexibility index (Phi) is 5.13. The molecular formula is C15H26N4S. The third-order valence-electron chi connectivity index (χ3n) is 3.38. The molecule has 2 rings (SSSR count). The van der Waals surface area contributed by atoms with Gasteiger partial charge in [-0.25, -0.2) is 9.97 Å². The van der Waals surface area contributed by atoms with Gasteiger partial charge in [-0.05, 0) is 20.3 Å². The van der Waals surface area contributed by atoms with E-state index < -0.39 is 0 Å². The molecular weight excluding hydrogens is 268 g/mol. The Balaban J connectivity index is 2.21. The highest BCUT2D eigenvalue weighted by Crippen LogP contribution is 2.32. The van der Waals surface area contributed by atoms with Crippen molar-refractivity contribution in [3.63, 3.8) is 0 Å². The summed E-state index contributed by atoms with van der Waals surface area (Å²) in [6.07, 6.45) is 1.98. The van der Waals surface area contributed by atoms with E-state index in [0.717, 1.165) is 55.7 Å². The number of rotatable bonds is 5. The predicted molar refractivity (Wildman–Crippen MR) is 88.9 cm³/mol. The number of anilines is 2. The molecule has 20 heavy (non-hydrogen) atoms. The summed E-state index contributed by atoms with van der Waals surface area (Å²) >= 11 is 2.05. The van der Waals surface area contributed by atoms with E-state index in [9.17, 15) is 0 Å². The normalized spacial score (nSPS) is 18.1. The molecule has 1 aromatic rings. The second-order valence-corrected chi connectivity index (χ2v) is 7.64. The summed E-state index contributed by atoms with van der Waals surface area (Å²) in [6.45, 7) is 12.0. The molecule has 1 N–H and O–H groups in total. The smallest absolute Gasteiger partial charge is 0.134 e. The van der Waals surface area contributed by atoms with Crippen LogP contribution in [0.2, 0.25) is 0 Å². The summed E-state index contributed by atoms with van der Waals surface area (Å²) in [6, 6.07) is 2.10. The summed E-state index contributed by atoms with van der Waals surface area (Å²) < 4.78 is 0.298. The Morgan fingerprint density at radius 3 is 2.80 bits per heavy atom. The summed E-state index contributed by atoms with van der Waals surface area (Å²) in [5.41, 5.74) is 0. The van der Waals surface area contributed by atoms with Gasteiger partial charge in [0.1, 0.15) is 17.5 Å². The van der Waals surface area contributed by atoms with Gasteiger partial charge in [-0.3, -0.25) is 0 Å². The number of nitrogens with one attached hydrogen (secondary N) is 1. The van der Waals surface area contributed by atoms with Crippen LogP contribution in [0.15, 0.2) is 6.07 Å². The van der Waals surface area contributed by atoms with Crippen molar-refractivity contribution < 1.29 is 0 Å². The largest absolute Gasteiger partial charge is 0.370 e. The Labute approximate surface area is 126 Å². The van der Waals surface area contributed by atoms with E-state index in [1.807, 2.05) is 11.8 Å². The molecule has 2 heterocycles. The molecule has 5 heteroatoms. The second kappa shape index (κ2) is 6.66. The fraction of sp³-hybridized carbons (Fsp3) is 0.733. The number of aryl methyl sites for hydroxylation is 1. The zero-order chi connectivity index (χ0) is 14.6. The van der Waals surface area contributed by atoms with Crippen LogP contribution in [0.4, 0.5) is 11.6 Å². The van der Waals surface area contributed by atoms with Crippen molar-refractivity contribution in [1.29, 1.82) is 0 Å². The SMILES string of the molecule is CCCNc1cc(N2CCSC(C)(C)C2)nc(CC)n1. The first-order chi connectivity index (χ1) is 9.54. The maximum Gasteiger partial charge on any atom is 0.134 e. The average Bonchev–Trinajstić information content (AvgIpc) is 2.43. The van der Waals surface area contributed by atoms with Gasteiger partial charge < -0.3 is 10.2 Å². The molecule has 1 aliphatic rings. The lowest BCUT2D eigenvalue weighted by atomic mass is 10.2. The highest BCUT2D eigenvalue weighted by atomic mass is 32.2. The molecule has 0 spiro atoms. The topological polar surface area (TPSA) is 41.0 Å². The van der Waals surface area contributed by atoms with Crippen molar-refractivity contribution in [3.8, 4) is 0 Å². The van der Waals surface area contributed by atoms with Crippen LogP contribution in [0.5, 0.6) is 0 Å². The third-order valence-corrected chi connectivity index (χ3v) is 4.68. The molecule has 0 radical (unpaired) electrons. The predicted octanol–water partition coefficient (Wildman–Crippen LogP) is 3.19. The summed E-state index contributed by atoms with van der Waals surface area (Å²) in [5, 5.41) is 3.39. The van der Waals surface area contributed by atoms with Crippen LogP contribution in [0.3, 0.4) is 0 Å². The standard InChI is InChI=1S/C15H26N4S/c1-5-7-16-13-10-14(18-12(6-2)17-13)19-8-9-20-15(3,4)11-19/h10H,5-9,11H2,1-4H3,(H,16,17,18). The molecule has 1 aliphatic heterocycles. The Morgan fingerprint density at radius 1 is 1.35 bits per heavy atom. The van der Waals surface area contributed by atoms with Gasteiger partial charge in [0.25, 0.3) is 0 Å². The fourth-order valence-corrected chi connectivity index (χ4v) is 3.47. The Morgan fingerprint density at radius 2 is 2.15 bits per heavy atom. The molecule has 1 aromatic heterocycles. The van der Waals surface area contributed by atoms with E-state index in [1.54, 1.807) is 0 Å². The third kappa shape index (κ3) is 4.01. The molecule has 4 nitrogen and oxygen atoms in total. The van der Waals surface area contributed by atoms with Crippen LogP contribution in [-0.2, 0) is 6.42 Å². The van der Waals surface area contributed by atoms with Crippen molar-refractivity contribution in [2.45, 2.75) is 45.3 Å². The van der Waals surface area contributed by atoms with Gasteiger partial charge in [-0.1, -0.05) is 13.8 Å². The number of hydrogen-bond donors (Lipinski definition) is 1. The Hall–Kier alpha value is -0.970. The van der Waals surface area contributed by atoms with Crippen molar-refractivity contribution in [2.75, 3.05) is 35.6 Å². The van der Waals surface area contributed by atoms with Crippen LogP contribution in [0.25, 0.3) is 0 Å². The summed E-state index contributed by atoms with van der Waals surface area (Å²) in [7, 11) is 0. The number of aromatic nitrogens is 2. The van der Waals surface area contributed by atoms with E-state index in [1.165, 1.54) is 0 Å². The molecule has 1 saturated heterocycles. The lowest BCUT2D eigenvalue weighted by Crippen LogP contribution is -2.43. The van der Waals surface area contributed by atoms with Crippen LogP contribution in [0.1, 0.15) is 39.9 Å². The number of thioether (sulfide) groups is 1. The molecule has 0 atom stereocenters. The lowest BCUT2D eigenvalue weighted by Gasteiger charge is -2.38. The van der Waals surface area contributed by atoms with Gasteiger partial charge in [-0.15, -0.1) is 0 Å². The van der Waals surface area contributed by atoms with E-state index >= 15 is 0 Å². The first-order valence-corrected chi connectivity index (χ1v) is 8.53. The van der Waals surface area contributed by atoms with Gasteiger partial charge in [0, 0.05) is 42.6 Å². The maximum absolute atomic E-state index is 4.71. The first-order valence-electron chi connectivity index (χ1n) is 7.55. The van der Waals surface area contributed by atoms with E-state index in [4.69, 9.17) is 4.98 Å². The minimum atomic E-state index is 0.298. The summed E-state index contributed by atoms with van der Waals surface area (Å²) in [5.74, 6) is 4.13. The monoisotopic (exact) mass is 294 g/mol. The minimum absolute atomic E-state index is 0.298. The average molecular weight is 294 g/mol. The highest BCUT2D eigenvalue weighted by Gasteiger charge is 2.28. The number of nitrogens with zero attached hydrogens (tertiary/aromatic N) is 3. The number of hydrogen-bond acceptors (Lipinski definition) is 5. The first kappa shape index (κ1) is 15.4. The fourth-order valence-electron chi connectivity index (χ4n) is 2.36. The second-order valence-electron chi connectivity index (χ2n) is 5.84. The maximum atomic E-state index is 4.71. The van der Waals surface area contributed by atoms with E-state index in [0.29, 0.717) is 4.75 Å². The van der Waals surface area contributed by atoms with Crippen molar-refractivity contribution in [3.05, 3.63) is 11.9 Å². The van der Waals surface area contributed by atoms with Crippen LogP contribution in [-0.4, -0.2) is 40.1 Å². The highest BCUT2D eigenvalue weighted by molar-refractivity contribution is 8.00. The molecule has 0 saturated carbocycles. The van der Waals surface area contributed by atoms with Gasteiger partial charge in [-0.2, -0.15) is 11.8 Å². The lowest BCUT2D eigenvalue weighted by molar-refractivity contribution is 0.640. The van der Waals surface area contributed by atoms with Gasteiger partial charge in [0.15, 0.2) is 0 Å². The molecule has 1 fully saturated rings. The van der Waals surface area contributed by atoms with Crippen LogP contribution >= 0.6 is 11.8 Å². The molecule has 0 aromatic carbocycles. The van der Waals surface area contributed by atoms with E-state index in [-0.39, 0.29) is 0 Å². The van der Waals surface area contributed by atoms with Crippen molar-refractivity contribution >= 4 is 23.4 Å².